The Balaban J connectivity index is 1.37. The van der Waals surface area contributed by atoms with Gasteiger partial charge in [0.1, 0.15) is 11.7 Å². The molecule has 312 valence electrons. The van der Waals surface area contributed by atoms with Gasteiger partial charge >= 0.3 is 5.97 Å². The number of Topliss-reactive ketones (excluding diaryl/α,β-unsaturated/α-hetero) is 1. The summed E-state index contributed by atoms with van der Waals surface area (Å²) < 4.78 is 46.5. The van der Waals surface area contributed by atoms with Crippen molar-refractivity contribution in [2.75, 3.05) is 20.3 Å². The molecule has 2 aliphatic heterocycles. The first-order chi connectivity index (χ1) is 26.8. The molecule has 7 atom stereocenters. The molecule has 1 aromatic heterocycles. The van der Waals surface area contributed by atoms with E-state index in [0.29, 0.717) is 42.9 Å². The normalized spacial score (nSPS) is 29.7. The monoisotopic (exact) mass is 810 g/mol. The first-order valence-electron chi connectivity index (χ1n) is 20.2. The zero-order valence-electron chi connectivity index (χ0n) is 34.2. The number of methoxy groups -OCH3 is 1. The van der Waals surface area contributed by atoms with Crippen molar-refractivity contribution in [1.82, 2.24) is 19.4 Å². The van der Waals surface area contributed by atoms with Crippen LogP contribution in [0.5, 0.6) is 5.88 Å². The Hall–Kier alpha value is -4.11. The van der Waals surface area contributed by atoms with Crippen molar-refractivity contribution in [3.05, 3.63) is 46.8 Å². The number of nitrogens with zero attached hydrogens (tertiary/aromatic N) is 3. The zero-order chi connectivity index (χ0) is 41.5. The largest absolute Gasteiger partial charge is 0.471 e. The lowest BCUT2D eigenvalue weighted by atomic mass is 9.82. The fraction of sp³-hybridized carbons (Fsp3) is 0.667. The lowest BCUT2D eigenvalue weighted by molar-refractivity contribution is -0.160. The topological polar surface area (TPSA) is 180 Å². The van der Waals surface area contributed by atoms with Crippen LogP contribution in [0.15, 0.2) is 41.2 Å². The Morgan fingerprint density at radius 3 is 2.42 bits per heavy atom. The van der Waals surface area contributed by atoms with Crippen LogP contribution in [0.3, 0.4) is 0 Å². The molecule has 2 aliphatic carbocycles. The lowest BCUT2D eigenvalue weighted by Gasteiger charge is -2.32. The van der Waals surface area contributed by atoms with Crippen molar-refractivity contribution in [1.29, 1.82) is 0 Å². The highest BCUT2D eigenvalue weighted by atomic mass is 32.2. The Morgan fingerprint density at radius 2 is 1.75 bits per heavy atom. The van der Waals surface area contributed by atoms with Crippen molar-refractivity contribution in [3.63, 3.8) is 0 Å². The highest BCUT2D eigenvalue weighted by Crippen LogP contribution is 2.57. The second-order valence-electron chi connectivity index (χ2n) is 18.1. The van der Waals surface area contributed by atoms with Crippen LogP contribution in [0.25, 0.3) is 10.8 Å². The third-order valence-electron chi connectivity index (χ3n) is 12.2. The molecular weight excluding hydrogens is 753 g/mol. The Bertz CT molecular complexity index is 2090. The number of sulfonamides is 1. The van der Waals surface area contributed by atoms with Gasteiger partial charge in [0, 0.05) is 20.0 Å². The summed E-state index contributed by atoms with van der Waals surface area (Å²) >= 11 is 0. The molecule has 1 N–H and O–H groups in total. The number of allylic oxidation sites excluding steroid dienone is 2. The number of rotatable bonds is 10. The molecule has 0 bridgehead atoms. The van der Waals surface area contributed by atoms with Gasteiger partial charge in [-0.1, -0.05) is 38.1 Å². The van der Waals surface area contributed by atoms with Crippen LogP contribution in [0.1, 0.15) is 99.3 Å². The number of carbonyl (C=O) groups is 4. The number of hydrogen-bond donors (Lipinski definition) is 1. The summed E-state index contributed by atoms with van der Waals surface area (Å²) in [7, 11) is -2.46. The van der Waals surface area contributed by atoms with Gasteiger partial charge in [0.25, 0.3) is 5.56 Å². The number of benzene rings is 1. The minimum absolute atomic E-state index is 0.0230. The van der Waals surface area contributed by atoms with Crippen molar-refractivity contribution in [2.45, 2.75) is 128 Å². The van der Waals surface area contributed by atoms with E-state index in [1.807, 2.05) is 19.1 Å². The third-order valence-corrected chi connectivity index (χ3v) is 14.4. The molecular formula is C42H58N4O10S. The van der Waals surface area contributed by atoms with Crippen LogP contribution < -0.4 is 15.0 Å². The fourth-order valence-electron chi connectivity index (χ4n) is 8.43. The predicted octanol–water partition coefficient (Wildman–Crippen LogP) is 4.72. The van der Waals surface area contributed by atoms with Crippen molar-refractivity contribution >= 4 is 44.4 Å². The summed E-state index contributed by atoms with van der Waals surface area (Å²) in [5.74, 6) is -3.10. The van der Waals surface area contributed by atoms with Crippen LogP contribution in [0.4, 0.5) is 0 Å². The van der Waals surface area contributed by atoms with Crippen molar-refractivity contribution < 1.29 is 41.8 Å². The molecule has 3 heterocycles. The predicted molar refractivity (Wildman–Crippen MR) is 213 cm³/mol. The summed E-state index contributed by atoms with van der Waals surface area (Å²) in [4.78, 5) is 71.8. The molecule has 2 amide bonds. The second-order valence-corrected chi connectivity index (χ2v) is 20.3. The van der Waals surface area contributed by atoms with Crippen LogP contribution in [0.2, 0.25) is 0 Å². The average molecular weight is 811 g/mol. The summed E-state index contributed by atoms with van der Waals surface area (Å²) in [6.07, 6.45) is 6.08. The van der Waals surface area contributed by atoms with E-state index in [1.54, 1.807) is 52.0 Å². The van der Waals surface area contributed by atoms with Crippen LogP contribution in [0, 0.1) is 29.1 Å². The number of carbonyl (C=O) groups excluding carboxylic acids is 4. The average Bonchev–Trinajstić information content (AvgIpc) is 4.02. The van der Waals surface area contributed by atoms with Gasteiger partial charge < -0.3 is 19.1 Å². The molecule has 2 saturated carbocycles. The summed E-state index contributed by atoms with van der Waals surface area (Å²) in [5, 5.41) is 5.39. The molecule has 0 radical (unpaired) electrons. The number of hydrogen-bond acceptors (Lipinski definition) is 11. The number of amides is 2. The molecule has 15 heteroatoms. The smallest absolute Gasteiger partial charge is 0.307 e. The van der Waals surface area contributed by atoms with Crippen LogP contribution in [-0.2, 0) is 45.2 Å². The van der Waals surface area contributed by atoms with Gasteiger partial charge in [0.05, 0.1) is 59.0 Å². The fourth-order valence-corrected chi connectivity index (χ4v) is 9.76. The van der Waals surface area contributed by atoms with E-state index in [9.17, 15) is 32.4 Å². The van der Waals surface area contributed by atoms with Gasteiger partial charge in [-0.25, -0.2) is 13.1 Å². The molecule has 6 rings (SSSR count). The minimum atomic E-state index is -3.98. The first-order valence-corrected chi connectivity index (χ1v) is 21.7. The molecule has 14 nitrogen and oxygen atoms in total. The van der Waals surface area contributed by atoms with E-state index in [4.69, 9.17) is 14.2 Å². The van der Waals surface area contributed by atoms with E-state index in [0.717, 1.165) is 6.42 Å². The standard InChI is InChI=1S/C42H58N4O10S/c1-26-12-8-9-13-28-23-42(28,39(51)44-57(52,53)41(6)16-17-41)24-34(47)33-21-29(25-45(33)37(49)32(27(2)20-26)22-35(48)56-40(3,4)5)55-36-30-14-10-11-15-31(30)38(50)46(43-36)18-19-54-7/h9-11,13-15,26-29,32-33H,8,12,16-25H2,1-7H3,(H,44,51)/b13-9-/t26-,27+,28+,29+,32-,33-,42+/m0/s1. The number of fused-ring (bicyclic) bond motifs is 3. The molecule has 0 spiro atoms. The number of ketones is 1. The SMILES string of the molecule is COCCn1nc(O[C@@H]2C[C@H]3C(=O)C[C@]4(C(=O)NS(=O)(=O)C5(C)CC5)C[C@H]4/C=C\CC[C@H](C)C[C@@H](C)[C@H](CC(=O)OC(C)(C)C)C(=O)N3C2)c2ccccc2c1=O. The van der Waals surface area contributed by atoms with E-state index in [2.05, 4.69) is 16.7 Å². The molecule has 57 heavy (non-hydrogen) atoms. The van der Waals surface area contributed by atoms with E-state index < -0.39 is 67.4 Å². The van der Waals surface area contributed by atoms with Crippen molar-refractivity contribution in [3.8, 4) is 5.88 Å². The molecule has 1 aromatic carbocycles. The molecule has 0 unspecified atom stereocenters. The van der Waals surface area contributed by atoms with Gasteiger partial charge in [0.15, 0.2) is 5.78 Å². The number of esters is 1. The van der Waals surface area contributed by atoms with Crippen molar-refractivity contribution in [2.24, 2.45) is 29.1 Å². The van der Waals surface area contributed by atoms with E-state index >= 15 is 0 Å². The summed E-state index contributed by atoms with van der Waals surface area (Å²) in [5.41, 5.74) is -2.39. The number of nitrogens with one attached hydrogen (secondary N) is 1. The molecule has 4 aliphatic rings. The number of ether oxygens (including phenoxy) is 3. The van der Waals surface area contributed by atoms with Gasteiger partial charge in [-0.3, -0.25) is 28.7 Å². The van der Waals surface area contributed by atoms with Gasteiger partial charge in [-0.05, 0) is 96.1 Å². The molecule has 2 aromatic rings. The highest BCUT2D eigenvalue weighted by molar-refractivity contribution is 7.91. The van der Waals surface area contributed by atoms with E-state index in [1.165, 1.54) is 16.7 Å². The number of aromatic nitrogens is 2. The summed E-state index contributed by atoms with van der Waals surface area (Å²) in [6, 6.07) is 5.87. The first kappa shape index (κ1) is 42.5. The maximum Gasteiger partial charge on any atom is 0.307 e. The quantitative estimate of drug-likeness (QED) is 0.259. The Morgan fingerprint density at radius 1 is 1.05 bits per heavy atom. The molecule has 3 fully saturated rings. The highest BCUT2D eigenvalue weighted by Gasteiger charge is 2.62. The summed E-state index contributed by atoms with van der Waals surface area (Å²) in [6.45, 7) is 11.3. The van der Waals surface area contributed by atoms with Gasteiger partial charge in [-0.2, -0.15) is 0 Å². The maximum atomic E-state index is 14.9. The van der Waals surface area contributed by atoms with E-state index in [-0.39, 0.29) is 68.2 Å². The maximum absolute atomic E-state index is 14.9. The Kier molecular flexibility index (Phi) is 12.1. The molecule has 1 saturated heterocycles. The van der Waals surface area contributed by atoms with Gasteiger partial charge in [-0.15, -0.1) is 5.10 Å². The van der Waals surface area contributed by atoms with Crippen LogP contribution in [-0.4, -0.2) is 89.4 Å². The third kappa shape index (κ3) is 9.29. The lowest BCUT2D eigenvalue weighted by Crippen LogP contribution is -2.48. The van der Waals surface area contributed by atoms with Gasteiger partial charge in [0.2, 0.25) is 27.7 Å². The minimum Gasteiger partial charge on any atom is -0.471 e. The Labute approximate surface area is 335 Å². The van der Waals surface area contributed by atoms with Crippen LogP contribution >= 0.6 is 0 Å². The zero-order valence-corrected chi connectivity index (χ0v) is 35.1. The second kappa shape index (κ2) is 16.3.